The van der Waals surface area contributed by atoms with Crippen LogP contribution in [0.4, 0.5) is 0 Å². The molecule has 0 aliphatic rings. The van der Waals surface area contributed by atoms with E-state index in [-0.39, 0.29) is 0 Å². The van der Waals surface area contributed by atoms with E-state index in [0.717, 1.165) is 12.0 Å². The first-order valence-corrected chi connectivity index (χ1v) is 7.10. The van der Waals surface area contributed by atoms with Crippen molar-refractivity contribution in [3.63, 3.8) is 0 Å². The molecule has 4 nitrogen and oxygen atoms in total. The maximum Gasteiger partial charge on any atom is 0.233 e. The zero-order valence-electron chi connectivity index (χ0n) is 11.9. The van der Waals surface area contributed by atoms with Gasteiger partial charge in [0.15, 0.2) is 6.29 Å². The molecule has 0 unspecified atom stereocenters. The van der Waals surface area contributed by atoms with Gasteiger partial charge in [-0.2, -0.15) is 9.78 Å². The average Bonchev–Trinajstić information content (AvgIpc) is 2.84. The molecule has 1 heterocycles. The van der Waals surface area contributed by atoms with Gasteiger partial charge in [-0.1, -0.05) is 35.9 Å². The lowest BCUT2D eigenvalue weighted by molar-refractivity contribution is 0.112. The summed E-state index contributed by atoms with van der Waals surface area (Å²) in [4.78, 5) is 11.4. The lowest BCUT2D eigenvalue weighted by atomic mass is 10.2. The van der Waals surface area contributed by atoms with Crippen LogP contribution in [0.2, 0.25) is 5.02 Å². The molecule has 0 fully saturated rings. The molecule has 1 aromatic heterocycles. The van der Waals surface area contributed by atoms with Gasteiger partial charge in [-0.15, -0.1) is 0 Å². The van der Waals surface area contributed by atoms with Crippen LogP contribution in [-0.2, 0) is 0 Å². The van der Waals surface area contributed by atoms with Crippen LogP contribution < -0.4 is 4.74 Å². The maximum absolute atomic E-state index is 11.4. The molecule has 0 aliphatic carbocycles. The van der Waals surface area contributed by atoms with Gasteiger partial charge in [0.05, 0.1) is 16.9 Å². The molecule has 3 aromatic rings. The van der Waals surface area contributed by atoms with E-state index in [1.165, 1.54) is 0 Å². The summed E-state index contributed by atoms with van der Waals surface area (Å²) < 4.78 is 7.45. The minimum atomic E-state index is 0.376. The lowest BCUT2D eigenvalue weighted by Crippen LogP contribution is -2.00. The van der Waals surface area contributed by atoms with Gasteiger partial charge in [0.2, 0.25) is 5.88 Å². The fraction of sp³-hybridized carbons (Fsp3) is 0.0588. The predicted molar refractivity (Wildman–Crippen MR) is 85.2 cm³/mol. The molecule has 0 amide bonds. The fourth-order valence-electron chi connectivity index (χ4n) is 2.14. The van der Waals surface area contributed by atoms with E-state index in [0.29, 0.717) is 27.9 Å². The molecule has 0 N–H and O–H groups in total. The summed E-state index contributed by atoms with van der Waals surface area (Å²) in [5.41, 5.74) is 1.75. The van der Waals surface area contributed by atoms with Gasteiger partial charge in [-0.05, 0) is 37.3 Å². The Bertz CT molecular complexity index is 813. The van der Waals surface area contributed by atoms with E-state index in [9.17, 15) is 4.79 Å². The summed E-state index contributed by atoms with van der Waals surface area (Å²) in [6.07, 6.45) is 0.752. The summed E-state index contributed by atoms with van der Waals surface area (Å²) in [5.74, 6) is 1.01. The Kier molecular flexibility index (Phi) is 3.94. The number of aryl methyl sites for hydroxylation is 1. The van der Waals surface area contributed by atoms with Gasteiger partial charge in [-0.3, -0.25) is 4.79 Å². The predicted octanol–water partition coefficient (Wildman–Crippen LogP) is 4.44. The lowest BCUT2D eigenvalue weighted by Gasteiger charge is -2.10. The van der Waals surface area contributed by atoms with Gasteiger partial charge >= 0.3 is 0 Å². The van der Waals surface area contributed by atoms with Gasteiger partial charge in [0.1, 0.15) is 5.75 Å². The monoisotopic (exact) mass is 312 g/mol. The van der Waals surface area contributed by atoms with E-state index in [1.54, 1.807) is 23.7 Å². The number of nitrogens with zero attached hydrogens (tertiary/aromatic N) is 2. The SMILES string of the molecule is Cc1nn(-c2cccc(Cl)c2)c(Oc2ccccc2)c1C=O. The molecule has 0 aliphatic heterocycles. The second kappa shape index (κ2) is 6.03. The van der Waals surface area contributed by atoms with E-state index < -0.39 is 0 Å². The van der Waals surface area contributed by atoms with Gasteiger partial charge in [-0.25, -0.2) is 0 Å². The highest BCUT2D eigenvalue weighted by molar-refractivity contribution is 6.30. The zero-order valence-corrected chi connectivity index (χ0v) is 12.6. The number of hydrogen-bond acceptors (Lipinski definition) is 3. The van der Waals surface area contributed by atoms with Crippen LogP contribution in [0.5, 0.6) is 11.6 Å². The quantitative estimate of drug-likeness (QED) is 0.669. The van der Waals surface area contributed by atoms with Crippen LogP contribution >= 0.6 is 11.6 Å². The van der Waals surface area contributed by atoms with Gasteiger partial charge < -0.3 is 4.74 Å². The number of benzene rings is 2. The van der Waals surface area contributed by atoms with E-state index >= 15 is 0 Å². The van der Waals surface area contributed by atoms with Crippen LogP contribution in [0.15, 0.2) is 54.6 Å². The molecule has 0 saturated heterocycles. The molecule has 0 radical (unpaired) electrons. The number of rotatable bonds is 4. The number of ether oxygens (including phenoxy) is 1. The van der Waals surface area contributed by atoms with Crippen molar-refractivity contribution in [2.75, 3.05) is 0 Å². The zero-order chi connectivity index (χ0) is 15.5. The van der Waals surface area contributed by atoms with Crippen molar-refractivity contribution in [3.05, 3.63) is 70.9 Å². The summed E-state index contributed by atoms with van der Waals surface area (Å²) >= 11 is 6.04. The van der Waals surface area contributed by atoms with Crippen molar-refractivity contribution in [2.24, 2.45) is 0 Å². The van der Waals surface area contributed by atoms with Crippen LogP contribution in [0.3, 0.4) is 0 Å². The minimum Gasteiger partial charge on any atom is -0.438 e. The summed E-state index contributed by atoms with van der Waals surface area (Å²) in [7, 11) is 0. The molecule has 0 spiro atoms. The summed E-state index contributed by atoms with van der Waals surface area (Å²) in [6.45, 7) is 1.77. The number of halogens is 1. The second-order valence-electron chi connectivity index (χ2n) is 4.73. The number of aldehydes is 1. The third kappa shape index (κ3) is 2.73. The van der Waals surface area contributed by atoms with Gasteiger partial charge in [0.25, 0.3) is 0 Å². The van der Waals surface area contributed by atoms with Crippen molar-refractivity contribution in [2.45, 2.75) is 6.92 Å². The van der Waals surface area contributed by atoms with Crippen molar-refractivity contribution < 1.29 is 9.53 Å². The van der Waals surface area contributed by atoms with Crippen molar-refractivity contribution in [3.8, 4) is 17.3 Å². The number of para-hydroxylation sites is 1. The highest BCUT2D eigenvalue weighted by atomic mass is 35.5. The second-order valence-corrected chi connectivity index (χ2v) is 5.17. The largest absolute Gasteiger partial charge is 0.438 e. The number of carbonyl (C=O) groups is 1. The van der Waals surface area contributed by atoms with Crippen molar-refractivity contribution in [1.82, 2.24) is 9.78 Å². The van der Waals surface area contributed by atoms with Gasteiger partial charge in [0, 0.05) is 5.02 Å². The molecule has 0 bridgehead atoms. The van der Waals surface area contributed by atoms with Crippen LogP contribution in [0.25, 0.3) is 5.69 Å². The number of aromatic nitrogens is 2. The molecular weight excluding hydrogens is 300 g/mol. The Balaban J connectivity index is 2.12. The molecule has 5 heteroatoms. The smallest absolute Gasteiger partial charge is 0.233 e. The van der Waals surface area contributed by atoms with Crippen molar-refractivity contribution >= 4 is 17.9 Å². The Morgan fingerprint density at radius 1 is 1.14 bits per heavy atom. The van der Waals surface area contributed by atoms with Crippen LogP contribution in [-0.4, -0.2) is 16.1 Å². The molecule has 0 saturated carbocycles. The minimum absolute atomic E-state index is 0.376. The average molecular weight is 313 g/mol. The fourth-order valence-corrected chi connectivity index (χ4v) is 2.32. The number of carbonyl (C=O) groups excluding carboxylic acids is 1. The first-order chi connectivity index (χ1) is 10.7. The first kappa shape index (κ1) is 14.4. The first-order valence-electron chi connectivity index (χ1n) is 6.72. The molecule has 2 aromatic carbocycles. The highest BCUT2D eigenvalue weighted by Crippen LogP contribution is 2.30. The van der Waals surface area contributed by atoms with Crippen LogP contribution in [0, 0.1) is 6.92 Å². The number of hydrogen-bond donors (Lipinski definition) is 0. The molecule has 0 atom stereocenters. The summed E-state index contributed by atoms with van der Waals surface area (Å²) in [5, 5.41) is 4.98. The highest BCUT2D eigenvalue weighted by Gasteiger charge is 2.18. The third-order valence-corrected chi connectivity index (χ3v) is 3.43. The molecule has 3 rings (SSSR count). The van der Waals surface area contributed by atoms with E-state index in [2.05, 4.69) is 5.10 Å². The third-order valence-electron chi connectivity index (χ3n) is 3.19. The molecule has 110 valence electrons. The van der Waals surface area contributed by atoms with E-state index in [1.807, 2.05) is 42.5 Å². The Morgan fingerprint density at radius 2 is 1.91 bits per heavy atom. The Hall–Kier alpha value is -2.59. The Morgan fingerprint density at radius 3 is 2.59 bits per heavy atom. The molecular formula is C17H13ClN2O2. The topological polar surface area (TPSA) is 44.1 Å². The normalized spacial score (nSPS) is 10.5. The summed E-state index contributed by atoms with van der Waals surface area (Å²) in [6, 6.07) is 16.5. The maximum atomic E-state index is 11.4. The standard InChI is InChI=1S/C17H13ClN2O2/c1-12-16(11-21)17(22-15-8-3-2-4-9-15)20(19-12)14-7-5-6-13(18)10-14/h2-11H,1H3. The van der Waals surface area contributed by atoms with Crippen LogP contribution in [0.1, 0.15) is 16.1 Å². The molecule has 22 heavy (non-hydrogen) atoms. The Labute approximate surface area is 132 Å². The van der Waals surface area contributed by atoms with Crippen molar-refractivity contribution in [1.29, 1.82) is 0 Å². The van der Waals surface area contributed by atoms with E-state index in [4.69, 9.17) is 16.3 Å².